The van der Waals surface area contributed by atoms with Gasteiger partial charge in [0.05, 0.1) is 18.2 Å². The number of rotatable bonds is 5. The molecule has 0 radical (unpaired) electrons. The monoisotopic (exact) mass is 201 g/mol. The van der Waals surface area contributed by atoms with Crippen LogP contribution in [0.3, 0.4) is 0 Å². The van der Waals surface area contributed by atoms with Crippen LogP contribution in [0.1, 0.15) is 33.1 Å². The largest absolute Gasteiger partial charge is 0.383 e. The molecule has 0 spiro atoms. The Bertz CT molecular complexity index is 149. The molecule has 2 atom stereocenters. The van der Waals surface area contributed by atoms with Crippen molar-refractivity contribution < 1.29 is 9.47 Å². The standard InChI is InChI=1S/C11H23NO2/c1-4-12-10(9-13-3)11(2)7-5-6-8-14-11/h10,12H,4-9H2,1-3H3. The molecule has 1 rings (SSSR count). The van der Waals surface area contributed by atoms with E-state index in [2.05, 4.69) is 19.2 Å². The van der Waals surface area contributed by atoms with E-state index in [1.807, 2.05) is 0 Å². The second-order valence-corrected chi connectivity index (χ2v) is 4.18. The first kappa shape index (κ1) is 12.0. The van der Waals surface area contributed by atoms with Gasteiger partial charge in [-0.3, -0.25) is 0 Å². The average molecular weight is 201 g/mol. The minimum Gasteiger partial charge on any atom is -0.383 e. The Labute approximate surface area is 87.2 Å². The smallest absolute Gasteiger partial charge is 0.0829 e. The highest BCUT2D eigenvalue weighted by Gasteiger charge is 2.36. The SMILES string of the molecule is CCNC(COC)C1(C)CCCCO1. The predicted octanol–water partition coefficient (Wildman–Crippen LogP) is 1.57. The molecule has 1 N–H and O–H groups in total. The van der Waals surface area contributed by atoms with Crippen LogP contribution in [0.25, 0.3) is 0 Å². The van der Waals surface area contributed by atoms with Crippen LogP contribution >= 0.6 is 0 Å². The van der Waals surface area contributed by atoms with Crippen LogP contribution in [0.4, 0.5) is 0 Å². The molecule has 14 heavy (non-hydrogen) atoms. The van der Waals surface area contributed by atoms with Crippen LogP contribution in [-0.2, 0) is 9.47 Å². The van der Waals surface area contributed by atoms with Crippen LogP contribution in [0, 0.1) is 0 Å². The molecule has 0 aromatic carbocycles. The predicted molar refractivity (Wildman–Crippen MR) is 57.5 cm³/mol. The fraction of sp³-hybridized carbons (Fsp3) is 1.00. The summed E-state index contributed by atoms with van der Waals surface area (Å²) in [5.74, 6) is 0. The Balaban J connectivity index is 2.53. The van der Waals surface area contributed by atoms with Gasteiger partial charge in [0.2, 0.25) is 0 Å². The second-order valence-electron chi connectivity index (χ2n) is 4.18. The molecule has 0 bridgehead atoms. The molecule has 2 unspecified atom stereocenters. The summed E-state index contributed by atoms with van der Waals surface area (Å²) in [7, 11) is 1.75. The lowest BCUT2D eigenvalue weighted by atomic mass is 9.88. The van der Waals surface area contributed by atoms with Gasteiger partial charge in [0.1, 0.15) is 0 Å². The van der Waals surface area contributed by atoms with Crippen molar-refractivity contribution in [1.82, 2.24) is 5.32 Å². The van der Waals surface area contributed by atoms with Gasteiger partial charge >= 0.3 is 0 Å². The molecule has 0 aliphatic carbocycles. The molecule has 0 saturated carbocycles. The van der Waals surface area contributed by atoms with Gasteiger partial charge in [-0.05, 0) is 32.7 Å². The molecular formula is C11H23NO2. The number of hydrogen-bond acceptors (Lipinski definition) is 3. The van der Waals surface area contributed by atoms with Crippen LogP contribution in [0.2, 0.25) is 0 Å². The van der Waals surface area contributed by atoms with E-state index >= 15 is 0 Å². The summed E-state index contributed by atoms with van der Waals surface area (Å²) < 4.78 is 11.1. The van der Waals surface area contributed by atoms with Crippen molar-refractivity contribution in [3.8, 4) is 0 Å². The minimum absolute atomic E-state index is 0.0374. The van der Waals surface area contributed by atoms with Crippen molar-refractivity contribution in [2.45, 2.75) is 44.8 Å². The van der Waals surface area contributed by atoms with Gasteiger partial charge < -0.3 is 14.8 Å². The van der Waals surface area contributed by atoms with Crippen molar-refractivity contribution in [2.24, 2.45) is 0 Å². The fourth-order valence-electron chi connectivity index (χ4n) is 2.09. The van der Waals surface area contributed by atoms with E-state index in [0.717, 1.165) is 26.2 Å². The van der Waals surface area contributed by atoms with E-state index in [9.17, 15) is 0 Å². The molecule has 1 fully saturated rings. The van der Waals surface area contributed by atoms with Crippen molar-refractivity contribution in [1.29, 1.82) is 0 Å². The van der Waals surface area contributed by atoms with Gasteiger partial charge in [0.25, 0.3) is 0 Å². The first-order valence-electron chi connectivity index (χ1n) is 5.59. The number of likely N-dealkylation sites (N-methyl/N-ethyl adjacent to an activating group) is 1. The maximum absolute atomic E-state index is 5.89. The zero-order valence-corrected chi connectivity index (χ0v) is 9.64. The molecule has 1 heterocycles. The number of ether oxygens (including phenoxy) is 2. The van der Waals surface area contributed by atoms with Crippen LogP contribution in [0.5, 0.6) is 0 Å². The number of methoxy groups -OCH3 is 1. The van der Waals surface area contributed by atoms with Crippen LogP contribution in [-0.4, -0.2) is 38.5 Å². The van der Waals surface area contributed by atoms with Crippen molar-refractivity contribution in [3.05, 3.63) is 0 Å². The number of nitrogens with one attached hydrogen (secondary N) is 1. The Morgan fingerprint density at radius 3 is 2.79 bits per heavy atom. The van der Waals surface area contributed by atoms with Gasteiger partial charge in [-0.25, -0.2) is 0 Å². The van der Waals surface area contributed by atoms with E-state index in [-0.39, 0.29) is 5.60 Å². The van der Waals surface area contributed by atoms with Gasteiger partial charge in [0, 0.05) is 13.7 Å². The third-order valence-electron chi connectivity index (χ3n) is 3.02. The molecule has 0 amide bonds. The second kappa shape index (κ2) is 5.69. The average Bonchev–Trinajstić information content (AvgIpc) is 2.19. The van der Waals surface area contributed by atoms with Crippen LogP contribution < -0.4 is 5.32 Å². The zero-order chi connectivity index (χ0) is 10.4. The summed E-state index contributed by atoms with van der Waals surface area (Å²) in [6.45, 7) is 6.90. The van der Waals surface area contributed by atoms with Crippen molar-refractivity contribution >= 4 is 0 Å². The molecule has 3 heteroatoms. The van der Waals surface area contributed by atoms with E-state index in [0.29, 0.717) is 6.04 Å². The topological polar surface area (TPSA) is 30.5 Å². The molecule has 0 aromatic rings. The van der Waals surface area contributed by atoms with Crippen molar-refractivity contribution in [3.63, 3.8) is 0 Å². The Morgan fingerprint density at radius 1 is 1.50 bits per heavy atom. The normalized spacial score (nSPS) is 30.2. The van der Waals surface area contributed by atoms with E-state index in [1.165, 1.54) is 12.8 Å². The van der Waals surface area contributed by atoms with Gasteiger partial charge in [0.15, 0.2) is 0 Å². The lowest BCUT2D eigenvalue weighted by molar-refractivity contribution is -0.100. The van der Waals surface area contributed by atoms with Gasteiger partial charge in [-0.2, -0.15) is 0 Å². The highest BCUT2D eigenvalue weighted by molar-refractivity contribution is 4.91. The highest BCUT2D eigenvalue weighted by atomic mass is 16.5. The third kappa shape index (κ3) is 2.94. The van der Waals surface area contributed by atoms with E-state index in [4.69, 9.17) is 9.47 Å². The summed E-state index contributed by atoms with van der Waals surface area (Å²) in [6, 6.07) is 0.317. The first-order chi connectivity index (χ1) is 6.73. The molecule has 3 nitrogen and oxygen atoms in total. The Hall–Kier alpha value is -0.120. The van der Waals surface area contributed by atoms with Crippen molar-refractivity contribution in [2.75, 3.05) is 26.9 Å². The summed E-state index contributed by atoms with van der Waals surface area (Å²) in [6.07, 6.45) is 3.59. The maximum atomic E-state index is 5.89. The third-order valence-corrected chi connectivity index (χ3v) is 3.02. The highest BCUT2D eigenvalue weighted by Crippen LogP contribution is 2.27. The van der Waals surface area contributed by atoms with Gasteiger partial charge in [-0.15, -0.1) is 0 Å². The molecular weight excluding hydrogens is 178 g/mol. The maximum Gasteiger partial charge on any atom is 0.0829 e. The van der Waals surface area contributed by atoms with E-state index < -0.39 is 0 Å². The lowest BCUT2D eigenvalue weighted by Gasteiger charge is -2.40. The summed E-state index contributed by atoms with van der Waals surface area (Å²) in [4.78, 5) is 0. The van der Waals surface area contributed by atoms with E-state index in [1.54, 1.807) is 7.11 Å². The molecule has 84 valence electrons. The summed E-state index contributed by atoms with van der Waals surface area (Å²) in [5.41, 5.74) is -0.0374. The first-order valence-corrected chi connectivity index (χ1v) is 5.59. The molecule has 1 aliphatic heterocycles. The lowest BCUT2D eigenvalue weighted by Crippen LogP contribution is -2.54. The fourth-order valence-corrected chi connectivity index (χ4v) is 2.09. The molecule has 0 aromatic heterocycles. The van der Waals surface area contributed by atoms with Crippen LogP contribution in [0.15, 0.2) is 0 Å². The summed E-state index contributed by atoms with van der Waals surface area (Å²) in [5, 5.41) is 3.44. The van der Waals surface area contributed by atoms with Gasteiger partial charge in [-0.1, -0.05) is 6.92 Å². The quantitative estimate of drug-likeness (QED) is 0.732. The minimum atomic E-state index is -0.0374. The Kier molecular flexibility index (Phi) is 4.85. The summed E-state index contributed by atoms with van der Waals surface area (Å²) >= 11 is 0. The number of hydrogen-bond donors (Lipinski definition) is 1. The molecule has 1 aliphatic rings. The Morgan fingerprint density at radius 2 is 2.29 bits per heavy atom. The zero-order valence-electron chi connectivity index (χ0n) is 9.64. The molecule has 1 saturated heterocycles.